The van der Waals surface area contributed by atoms with Crippen molar-refractivity contribution in [2.75, 3.05) is 41.1 Å². The second-order valence-corrected chi connectivity index (χ2v) is 5.70. The summed E-state index contributed by atoms with van der Waals surface area (Å²) in [6.45, 7) is 3.49. The number of carbonyl (C=O) groups excluding carboxylic acids is 1. The predicted octanol–water partition coefficient (Wildman–Crippen LogP) is 1.58. The third-order valence-corrected chi connectivity index (χ3v) is 3.81. The zero-order valence-electron chi connectivity index (χ0n) is 13.5. The number of hydrogen-bond acceptors (Lipinski definition) is 5. The maximum Gasteiger partial charge on any atom is 0.217 e. The molecule has 0 saturated carbocycles. The lowest BCUT2D eigenvalue weighted by Gasteiger charge is -2.22. The van der Waals surface area contributed by atoms with Gasteiger partial charge in [0, 0.05) is 20.1 Å². The highest BCUT2D eigenvalue weighted by atomic mass is 79.9. The molecule has 0 atom stereocenters. The monoisotopic (exact) mass is 373 g/mol. The van der Waals surface area contributed by atoms with E-state index in [1.54, 1.807) is 14.2 Å². The number of ether oxygens (including phenoxy) is 2. The van der Waals surface area contributed by atoms with Crippen LogP contribution in [0.4, 0.5) is 0 Å². The molecule has 1 rings (SSSR count). The van der Waals surface area contributed by atoms with Crippen LogP contribution in [-0.4, -0.2) is 52.0 Å². The minimum Gasteiger partial charge on any atom is -0.496 e. The number of carbonyl (C=O) groups is 1. The summed E-state index contributed by atoms with van der Waals surface area (Å²) in [6.07, 6.45) is 0.786. The molecule has 0 fully saturated rings. The van der Waals surface area contributed by atoms with Crippen LogP contribution in [0.25, 0.3) is 0 Å². The summed E-state index contributed by atoms with van der Waals surface area (Å²) < 4.78 is 11.6. The molecule has 1 aromatic rings. The van der Waals surface area contributed by atoms with Gasteiger partial charge in [-0.05, 0) is 47.1 Å². The number of nitrogens with one attached hydrogen (secondary N) is 2. The van der Waals surface area contributed by atoms with Crippen LogP contribution in [0.3, 0.4) is 0 Å². The van der Waals surface area contributed by atoms with Crippen LogP contribution >= 0.6 is 15.9 Å². The zero-order valence-corrected chi connectivity index (χ0v) is 15.1. The Morgan fingerprint density at radius 3 is 2.45 bits per heavy atom. The average Bonchev–Trinajstić information content (AvgIpc) is 2.50. The lowest BCUT2D eigenvalue weighted by molar-refractivity contribution is -0.119. The first-order valence-corrected chi connectivity index (χ1v) is 7.82. The van der Waals surface area contributed by atoms with Crippen LogP contribution < -0.4 is 20.1 Å². The van der Waals surface area contributed by atoms with E-state index < -0.39 is 0 Å². The predicted molar refractivity (Wildman–Crippen MR) is 90.3 cm³/mol. The van der Waals surface area contributed by atoms with Crippen LogP contribution in [0.2, 0.25) is 0 Å². The average molecular weight is 374 g/mol. The van der Waals surface area contributed by atoms with Gasteiger partial charge in [0.15, 0.2) is 0 Å². The van der Waals surface area contributed by atoms with E-state index in [4.69, 9.17) is 9.47 Å². The summed E-state index contributed by atoms with van der Waals surface area (Å²) in [5, 5.41) is 5.91. The van der Waals surface area contributed by atoms with Crippen molar-refractivity contribution in [3.63, 3.8) is 0 Å². The van der Waals surface area contributed by atoms with Gasteiger partial charge < -0.3 is 20.1 Å². The lowest BCUT2D eigenvalue weighted by Crippen LogP contribution is -2.42. The Kier molecular flexibility index (Phi) is 8.22. The van der Waals surface area contributed by atoms with Gasteiger partial charge in [-0.15, -0.1) is 0 Å². The third-order valence-electron chi connectivity index (χ3n) is 3.19. The van der Waals surface area contributed by atoms with Gasteiger partial charge in [-0.1, -0.05) is 0 Å². The minimum absolute atomic E-state index is 0.0380. The Hall–Kier alpha value is -1.31. The second kappa shape index (κ2) is 9.66. The summed E-state index contributed by atoms with van der Waals surface area (Å²) in [7, 11) is 5.17. The van der Waals surface area contributed by atoms with Crippen molar-refractivity contribution >= 4 is 21.8 Å². The van der Waals surface area contributed by atoms with Crippen LogP contribution in [-0.2, 0) is 11.2 Å². The second-order valence-electron chi connectivity index (χ2n) is 4.85. The largest absolute Gasteiger partial charge is 0.496 e. The first-order valence-electron chi connectivity index (χ1n) is 7.03. The number of benzene rings is 1. The first kappa shape index (κ1) is 18.7. The summed E-state index contributed by atoms with van der Waals surface area (Å²) in [5.74, 6) is 1.55. The maximum atomic E-state index is 11.0. The van der Waals surface area contributed by atoms with E-state index >= 15 is 0 Å². The lowest BCUT2D eigenvalue weighted by atomic mass is 10.1. The van der Waals surface area contributed by atoms with E-state index in [0.717, 1.165) is 34.5 Å². The normalized spacial score (nSPS) is 10.6. The molecule has 1 amide bonds. The molecule has 0 aliphatic heterocycles. The Balaban J connectivity index is 2.76. The maximum absolute atomic E-state index is 11.0. The van der Waals surface area contributed by atoms with Crippen LogP contribution in [0, 0.1) is 0 Å². The van der Waals surface area contributed by atoms with Gasteiger partial charge in [0.1, 0.15) is 11.5 Å². The topological polar surface area (TPSA) is 62.8 Å². The molecule has 0 bridgehead atoms. The molecule has 0 unspecified atom stereocenters. The molecular formula is C15H24BrN3O3. The molecule has 0 saturated heterocycles. The molecule has 1 aromatic carbocycles. The van der Waals surface area contributed by atoms with Gasteiger partial charge in [-0.25, -0.2) is 0 Å². The van der Waals surface area contributed by atoms with Crippen LogP contribution in [0.5, 0.6) is 11.5 Å². The molecule has 6 nitrogen and oxygen atoms in total. The van der Waals surface area contributed by atoms with E-state index in [0.29, 0.717) is 13.3 Å². The molecule has 0 spiro atoms. The minimum atomic E-state index is -0.0380. The fourth-order valence-electron chi connectivity index (χ4n) is 2.06. The van der Waals surface area contributed by atoms with Gasteiger partial charge in [-0.3, -0.25) is 9.69 Å². The van der Waals surface area contributed by atoms with Crippen molar-refractivity contribution in [3.05, 3.63) is 22.2 Å². The fraction of sp³-hybridized carbons (Fsp3) is 0.533. The Labute approximate surface area is 140 Å². The summed E-state index contributed by atoms with van der Waals surface area (Å²) in [4.78, 5) is 13.2. The molecule has 0 aromatic heterocycles. The molecule has 0 radical (unpaired) electrons. The molecule has 124 valence electrons. The zero-order chi connectivity index (χ0) is 16.5. The van der Waals surface area contributed by atoms with Crippen molar-refractivity contribution in [1.82, 2.24) is 15.5 Å². The van der Waals surface area contributed by atoms with Crippen molar-refractivity contribution in [1.29, 1.82) is 0 Å². The van der Waals surface area contributed by atoms with Gasteiger partial charge in [0.2, 0.25) is 5.91 Å². The van der Waals surface area contributed by atoms with E-state index in [9.17, 15) is 4.79 Å². The smallest absolute Gasteiger partial charge is 0.217 e. The molecule has 0 heterocycles. The summed E-state index contributed by atoms with van der Waals surface area (Å²) in [6, 6.07) is 3.88. The first-order chi connectivity index (χ1) is 10.5. The molecular weight excluding hydrogens is 350 g/mol. The van der Waals surface area contributed by atoms with E-state index in [1.807, 2.05) is 19.2 Å². The SMILES string of the molecule is CNCN(CCc1cc(OC)c(Br)cc1OC)CNC(C)=O. The van der Waals surface area contributed by atoms with Crippen molar-refractivity contribution in [2.24, 2.45) is 0 Å². The van der Waals surface area contributed by atoms with Gasteiger partial charge in [-0.2, -0.15) is 0 Å². The van der Waals surface area contributed by atoms with Gasteiger partial charge >= 0.3 is 0 Å². The number of nitrogens with zero attached hydrogens (tertiary/aromatic N) is 1. The van der Waals surface area contributed by atoms with Gasteiger partial charge in [0.25, 0.3) is 0 Å². The highest BCUT2D eigenvalue weighted by Gasteiger charge is 2.12. The quantitative estimate of drug-likeness (QED) is 0.643. The third kappa shape index (κ3) is 5.82. The Morgan fingerprint density at radius 2 is 1.91 bits per heavy atom. The summed E-state index contributed by atoms with van der Waals surface area (Å²) >= 11 is 3.46. The molecule has 2 N–H and O–H groups in total. The van der Waals surface area contributed by atoms with Gasteiger partial charge in [0.05, 0.1) is 25.4 Å². The Bertz CT molecular complexity index is 497. The number of halogens is 1. The number of rotatable bonds is 9. The van der Waals surface area contributed by atoms with E-state index in [-0.39, 0.29) is 5.91 Å². The van der Waals surface area contributed by atoms with E-state index in [2.05, 4.69) is 31.5 Å². The Morgan fingerprint density at radius 1 is 1.23 bits per heavy atom. The molecule has 0 aliphatic rings. The molecule has 7 heteroatoms. The summed E-state index contributed by atoms with van der Waals surface area (Å²) in [5.41, 5.74) is 1.06. The molecule has 22 heavy (non-hydrogen) atoms. The van der Waals surface area contributed by atoms with Crippen molar-refractivity contribution in [3.8, 4) is 11.5 Å². The number of hydrogen-bond donors (Lipinski definition) is 2. The highest BCUT2D eigenvalue weighted by Crippen LogP contribution is 2.33. The van der Waals surface area contributed by atoms with Crippen molar-refractivity contribution < 1.29 is 14.3 Å². The van der Waals surface area contributed by atoms with Crippen LogP contribution in [0.1, 0.15) is 12.5 Å². The van der Waals surface area contributed by atoms with E-state index in [1.165, 1.54) is 6.92 Å². The highest BCUT2D eigenvalue weighted by molar-refractivity contribution is 9.10. The van der Waals surface area contributed by atoms with Crippen molar-refractivity contribution in [2.45, 2.75) is 13.3 Å². The number of methoxy groups -OCH3 is 2. The fourth-order valence-corrected chi connectivity index (χ4v) is 2.54. The molecule has 0 aliphatic carbocycles. The standard InChI is InChI=1S/C15H24BrN3O3/c1-11(20)18-10-19(9-17-2)6-5-12-7-15(22-4)13(16)8-14(12)21-3/h7-8,17H,5-6,9-10H2,1-4H3,(H,18,20). The number of amides is 1. The van der Waals surface area contributed by atoms with Crippen LogP contribution in [0.15, 0.2) is 16.6 Å².